The highest BCUT2D eigenvalue weighted by molar-refractivity contribution is 9.10. The van der Waals surface area contributed by atoms with Crippen molar-refractivity contribution in [2.45, 2.75) is 6.92 Å². The van der Waals surface area contributed by atoms with E-state index in [0.29, 0.717) is 0 Å². The Bertz CT molecular complexity index is 849. The van der Waals surface area contributed by atoms with Crippen LogP contribution in [0.3, 0.4) is 0 Å². The first-order valence-electron chi connectivity index (χ1n) is 7.85. The topological polar surface area (TPSA) is 82.6 Å². The molecule has 3 N–H and O–H groups in total. The summed E-state index contributed by atoms with van der Waals surface area (Å²) in [7, 11) is 0. The number of rotatable bonds is 6. The summed E-state index contributed by atoms with van der Waals surface area (Å²) in [6, 6.07) is 13.6. The summed E-state index contributed by atoms with van der Waals surface area (Å²) < 4.78 is 0.865. The number of benzene rings is 2. The number of para-hydroxylation sites is 1. The highest BCUT2D eigenvalue weighted by atomic mass is 79.9. The molecular weight excluding hydrogens is 396 g/mol. The molecule has 0 atom stereocenters. The largest absolute Gasteiger partial charge is 0.355 e. The number of hydrogen-bond acceptors (Lipinski definition) is 4. The van der Waals surface area contributed by atoms with Gasteiger partial charge in [-0.2, -0.15) is 5.10 Å². The Morgan fingerprint density at radius 1 is 1.15 bits per heavy atom. The van der Waals surface area contributed by atoms with Crippen molar-refractivity contribution in [3.05, 3.63) is 70.7 Å². The second-order valence-corrected chi connectivity index (χ2v) is 6.28. The lowest BCUT2D eigenvalue weighted by Gasteiger charge is -2.12. The van der Waals surface area contributed by atoms with E-state index in [-0.39, 0.29) is 6.54 Å². The van der Waals surface area contributed by atoms with Crippen molar-refractivity contribution in [3.8, 4) is 0 Å². The average Bonchev–Trinajstić information content (AvgIpc) is 2.63. The van der Waals surface area contributed by atoms with Crippen LogP contribution in [0.25, 0.3) is 0 Å². The van der Waals surface area contributed by atoms with Crippen LogP contribution in [-0.2, 0) is 9.59 Å². The number of carbonyl (C=O) groups excluding carboxylic acids is 2. The van der Waals surface area contributed by atoms with Gasteiger partial charge in [-0.05, 0) is 36.8 Å². The third-order valence-corrected chi connectivity index (χ3v) is 3.90. The van der Waals surface area contributed by atoms with Crippen molar-refractivity contribution >= 4 is 45.3 Å². The predicted octanol–water partition coefficient (Wildman–Crippen LogP) is 3.25. The van der Waals surface area contributed by atoms with Crippen LogP contribution < -0.4 is 16.1 Å². The lowest BCUT2D eigenvalue weighted by atomic mass is 10.1. The zero-order valence-electron chi connectivity index (χ0n) is 14.3. The van der Waals surface area contributed by atoms with E-state index in [4.69, 9.17) is 0 Å². The normalized spacial score (nSPS) is 10.4. The van der Waals surface area contributed by atoms with Crippen molar-refractivity contribution < 1.29 is 9.59 Å². The molecule has 0 fully saturated rings. The van der Waals surface area contributed by atoms with Gasteiger partial charge >= 0.3 is 11.8 Å². The first-order chi connectivity index (χ1) is 12.5. The average molecular weight is 415 g/mol. The van der Waals surface area contributed by atoms with E-state index in [0.717, 1.165) is 27.0 Å². The fraction of sp³-hybridized carbons (Fsp3) is 0.105. The quantitative estimate of drug-likeness (QED) is 0.293. The Morgan fingerprint density at radius 2 is 1.92 bits per heavy atom. The summed E-state index contributed by atoms with van der Waals surface area (Å²) >= 11 is 3.42. The second kappa shape index (κ2) is 9.53. The third kappa shape index (κ3) is 5.56. The second-order valence-electron chi connectivity index (χ2n) is 5.37. The van der Waals surface area contributed by atoms with Crippen LogP contribution in [0, 0.1) is 6.92 Å². The van der Waals surface area contributed by atoms with Gasteiger partial charge in [-0.25, -0.2) is 5.43 Å². The summed E-state index contributed by atoms with van der Waals surface area (Å²) in [4.78, 5) is 23.1. The monoisotopic (exact) mass is 414 g/mol. The van der Waals surface area contributed by atoms with Gasteiger partial charge in [0.2, 0.25) is 0 Å². The molecular formula is C19H19BrN4O2. The van der Waals surface area contributed by atoms with Crippen molar-refractivity contribution in [2.24, 2.45) is 5.10 Å². The highest BCUT2D eigenvalue weighted by Gasteiger charge is 2.11. The van der Waals surface area contributed by atoms with E-state index >= 15 is 0 Å². The summed E-state index contributed by atoms with van der Waals surface area (Å²) in [5.74, 6) is -1.61. The van der Waals surface area contributed by atoms with Crippen molar-refractivity contribution in [3.63, 3.8) is 0 Å². The Labute approximate surface area is 160 Å². The molecule has 0 aliphatic carbocycles. The van der Waals surface area contributed by atoms with E-state index in [1.165, 1.54) is 12.3 Å². The van der Waals surface area contributed by atoms with Crippen molar-refractivity contribution in [1.82, 2.24) is 10.7 Å². The number of nitrogens with one attached hydrogen (secondary N) is 3. The van der Waals surface area contributed by atoms with Gasteiger partial charge in [0.25, 0.3) is 0 Å². The number of hydrogen-bond donors (Lipinski definition) is 3. The molecule has 0 saturated heterocycles. The maximum Gasteiger partial charge on any atom is 0.329 e. The molecule has 134 valence electrons. The van der Waals surface area contributed by atoms with Gasteiger partial charge in [0.1, 0.15) is 0 Å². The van der Waals surface area contributed by atoms with Crippen molar-refractivity contribution in [1.29, 1.82) is 0 Å². The predicted molar refractivity (Wildman–Crippen MR) is 108 cm³/mol. The zero-order chi connectivity index (χ0) is 18.9. The van der Waals surface area contributed by atoms with E-state index in [9.17, 15) is 9.59 Å². The molecule has 6 nitrogen and oxygen atoms in total. The first-order valence-corrected chi connectivity index (χ1v) is 8.65. The highest BCUT2D eigenvalue weighted by Crippen LogP contribution is 2.25. The molecule has 0 aliphatic heterocycles. The van der Waals surface area contributed by atoms with Gasteiger partial charge < -0.3 is 10.6 Å². The number of carbonyl (C=O) groups is 2. The van der Waals surface area contributed by atoms with Gasteiger partial charge in [-0.15, -0.1) is 6.58 Å². The van der Waals surface area contributed by atoms with Crippen LogP contribution >= 0.6 is 15.9 Å². The maximum atomic E-state index is 11.6. The molecule has 0 spiro atoms. The van der Waals surface area contributed by atoms with Crippen LogP contribution in [0.4, 0.5) is 11.4 Å². The number of aryl methyl sites for hydroxylation is 1. The van der Waals surface area contributed by atoms with Crippen LogP contribution in [0.5, 0.6) is 0 Å². The lowest BCUT2D eigenvalue weighted by Crippen LogP contribution is -2.37. The SMILES string of the molecule is C=CCNC(=O)C(=O)N/N=C\c1cc(Br)ccc1Nc1ccccc1C. The minimum absolute atomic E-state index is 0.214. The van der Waals surface area contributed by atoms with Gasteiger partial charge in [0, 0.05) is 28.0 Å². The molecule has 7 heteroatoms. The molecule has 0 aliphatic rings. The van der Waals surface area contributed by atoms with Crippen LogP contribution in [0.1, 0.15) is 11.1 Å². The number of halogens is 1. The maximum absolute atomic E-state index is 11.6. The molecule has 2 rings (SSSR count). The number of amides is 2. The van der Waals surface area contributed by atoms with Gasteiger partial charge in [0.15, 0.2) is 0 Å². The number of anilines is 2. The molecule has 2 aromatic carbocycles. The summed E-state index contributed by atoms with van der Waals surface area (Å²) in [5, 5.41) is 9.58. The molecule has 2 aromatic rings. The van der Waals surface area contributed by atoms with Gasteiger partial charge in [0.05, 0.1) is 6.21 Å². The summed E-state index contributed by atoms with van der Waals surface area (Å²) in [5.41, 5.74) is 5.84. The molecule has 0 aromatic heterocycles. The molecule has 0 saturated carbocycles. The summed E-state index contributed by atoms with van der Waals surface area (Å²) in [6.07, 6.45) is 2.96. The van der Waals surface area contributed by atoms with Crippen LogP contribution in [0.2, 0.25) is 0 Å². The van der Waals surface area contributed by atoms with E-state index in [2.05, 4.69) is 43.7 Å². The fourth-order valence-corrected chi connectivity index (χ4v) is 2.45. The van der Waals surface area contributed by atoms with Gasteiger partial charge in [-0.3, -0.25) is 9.59 Å². The minimum atomic E-state index is -0.841. The Kier molecular flexibility index (Phi) is 7.11. The fourth-order valence-electron chi connectivity index (χ4n) is 2.07. The molecule has 0 heterocycles. The Balaban J connectivity index is 2.12. The lowest BCUT2D eigenvalue weighted by molar-refractivity contribution is -0.139. The van der Waals surface area contributed by atoms with Crippen molar-refractivity contribution in [2.75, 3.05) is 11.9 Å². The molecule has 2 amide bonds. The van der Waals surface area contributed by atoms with Gasteiger partial charge in [-0.1, -0.05) is 40.2 Å². The van der Waals surface area contributed by atoms with Crippen LogP contribution in [0.15, 0.2) is 64.7 Å². The van der Waals surface area contributed by atoms with Crippen LogP contribution in [-0.4, -0.2) is 24.6 Å². The minimum Gasteiger partial charge on any atom is -0.355 e. The third-order valence-electron chi connectivity index (χ3n) is 3.41. The van der Waals surface area contributed by atoms with E-state index in [1.54, 1.807) is 0 Å². The molecule has 0 unspecified atom stereocenters. The molecule has 0 radical (unpaired) electrons. The standard InChI is InChI=1S/C19H19BrN4O2/c1-3-10-21-18(25)19(26)24-22-12-14-11-15(20)8-9-17(14)23-16-7-5-4-6-13(16)2/h3-9,11-12,23H,1,10H2,2H3,(H,21,25)(H,24,26)/b22-12-. The number of hydrazone groups is 1. The first kappa shape index (κ1) is 19.4. The Hall–Kier alpha value is -2.93. The molecule has 26 heavy (non-hydrogen) atoms. The van der Waals surface area contributed by atoms with E-state index < -0.39 is 11.8 Å². The zero-order valence-corrected chi connectivity index (χ0v) is 15.8. The number of nitrogens with zero attached hydrogens (tertiary/aromatic N) is 1. The molecule has 0 bridgehead atoms. The Morgan fingerprint density at radius 3 is 2.65 bits per heavy atom. The van der Waals surface area contributed by atoms with E-state index in [1.807, 2.05) is 49.4 Å². The summed E-state index contributed by atoms with van der Waals surface area (Å²) in [6.45, 7) is 5.69. The smallest absolute Gasteiger partial charge is 0.329 e.